The van der Waals surface area contributed by atoms with Gasteiger partial charge in [0, 0.05) is 43.2 Å². The molecule has 0 saturated carbocycles. The van der Waals surface area contributed by atoms with E-state index in [-0.39, 0.29) is 52.4 Å². The molecule has 39 heavy (non-hydrogen) atoms. The van der Waals surface area contributed by atoms with Gasteiger partial charge >= 0.3 is 0 Å². The van der Waals surface area contributed by atoms with Crippen molar-refractivity contribution in [1.82, 2.24) is 10.2 Å². The Balaban J connectivity index is 0.00000420. The van der Waals surface area contributed by atoms with E-state index in [0.717, 1.165) is 17.5 Å². The van der Waals surface area contributed by atoms with E-state index in [2.05, 4.69) is 5.32 Å². The van der Waals surface area contributed by atoms with E-state index in [1.165, 1.54) is 0 Å². The van der Waals surface area contributed by atoms with E-state index in [4.69, 9.17) is 14.9 Å². The van der Waals surface area contributed by atoms with Crippen molar-refractivity contribution in [1.29, 1.82) is 5.41 Å². The van der Waals surface area contributed by atoms with Crippen LogP contribution in [-0.2, 0) is 16.8 Å². The number of nitrogens with one attached hydrogen (secondary N) is 2. The Bertz CT molecular complexity index is 1320. The molecule has 9 nitrogen and oxygen atoms in total. The van der Waals surface area contributed by atoms with Gasteiger partial charge in [-0.1, -0.05) is 20.8 Å². The van der Waals surface area contributed by atoms with Crippen LogP contribution < -0.4 is 19.7 Å². The van der Waals surface area contributed by atoms with Crippen LogP contribution in [-0.4, -0.2) is 62.2 Å². The highest BCUT2D eigenvalue weighted by atomic mass is 79.9. The Hall–Kier alpha value is -3.40. The third kappa shape index (κ3) is 5.80. The maximum atomic E-state index is 13.6. The molecular weight excluding hydrogens is 564 g/mol. The maximum absolute atomic E-state index is 13.6. The van der Waals surface area contributed by atoms with E-state index >= 15 is 0 Å². The molecule has 2 aromatic carbocycles. The van der Waals surface area contributed by atoms with Gasteiger partial charge in [-0.2, -0.15) is 0 Å². The van der Waals surface area contributed by atoms with Crippen molar-refractivity contribution in [3.8, 4) is 11.5 Å². The molecule has 0 atom stereocenters. The first-order chi connectivity index (χ1) is 18.0. The lowest BCUT2D eigenvalue weighted by Crippen LogP contribution is -2.31. The van der Waals surface area contributed by atoms with Crippen LogP contribution in [0.1, 0.15) is 77.9 Å². The van der Waals surface area contributed by atoms with Crippen LogP contribution in [0.4, 0.5) is 5.69 Å². The van der Waals surface area contributed by atoms with Crippen LogP contribution in [0.25, 0.3) is 0 Å². The van der Waals surface area contributed by atoms with E-state index in [0.29, 0.717) is 60.0 Å². The molecule has 210 valence electrons. The van der Waals surface area contributed by atoms with Gasteiger partial charge in [-0.25, -0.2) is 0 Å². The Labute approximate surface area is 240 Å². The van der Waals surface area contributed by atoms with E-state index in [1.54, 1.807) is 42.2 Å². The van der Waals surface area contributed by atoms with Crippen molar-refractivity contribution in [2.45, 2.75) is 52.5 Å². The molecule has 10 heteroatoms. The minimum Gasteiger partial charge on any atom is -0.494 e. The lowest BCUT2D eigenvalue weighted by molar-refractivity contribution is -0.117. The number of halogens is 1. The lowest BCUT2D eigenvalue weighted by Gasteiger charge is -2.28. The number of amides is 2. The van der Waals surface area contributed by atoms with Gasteiger partial charge in [0.1, 0.15) is 17.3 Å². The van der Waals surface area contributed by atoms with Gasteiger partial charge < -0.3 is 24.6 Å². The van der Waals surface area contributed by atoms with Crippen molar-refractivity contribution in [2.24, 2.45) is 0 Å². The van der Waals surface area contributed by atoms with Gasteiger partial charge in [0.2, 0.25) is 5.91 Å². The Morgan fingerprint density at radius 1 is 1.15 bits per heavy atom. The highest BCUT2D eigenvalue weighted by molar-refractivity contribution is 8.93. The highest BCUT2D eigenvalue weighted by Crippen LogP contribution is 2.41. The van der Waals surface area contributed by atoms with Gasteiger partial charge in [0.15, 0.2) is 5.78 Å². The third-order valence-corrected chi connectivity index (χ3v) is 7.01. The summed E-state index contributed by atoms with van der Waals surface area (Å²) in [7, 11) is 3.13. The first-order valence-electron chi connectivity index (χ1n) is 12.9. The van der Waals surface area contributed by atoms with Crippen molar-refractivity contribution in [3.05, 3.63) is 52.1 Å². The molecule has 0 bridgehead atoms. The summed E-state index contributed by atoms with van der Waals surface area (Å²) in [6.45, 7) is 9.29. The number of carbonyl (C=O) groups is 3. The van der Waals surface area contributed by atoms with Crippen LogP contribution in [0.5, 0.6) is 11.5 Å². The molecule has 2 amide bonds. The van der Waals surface area contributed by atoms with Crippen LogP contribution >= 0.6 is 17.0 Å². The fraction of sp³-hybridized carbons (Fsp3) is 0.448. The molecule has 2 heterocycles. The number of amidine groups is 1. The fourth-order valence-corrected chi connectivity index (χ4v) is 5.06. The number of hydrogen-bond donors (Lipinski definition) is 2. The largest absolute Gasteiger partial charge is 0.494 e. The van der Waals surface area contributed by atoms with E-state index in [1.807, 2.05) is 33.8 Å². The SMILES string of the molecule is Br.CCOc1cc2c(cc1C(=O)NC)C(=N)N(CC(=O)c1cc(N3CCCC3=O)c(OC)c(C(C)(C)C)c1)C2. The van der Waals surface area contributed by atoms with E-state index in [9.17, 15) is 14.4 Å². The molecule has 0 radical (unpaired) electrons. The number of anilines is 1. The topological polar surface area (TPSA) is 112 Å². The zero-order chi connectivity index (χ0) is 27.8. The maximum Gasteiger partial charge on any atom is 0.254 e. The summed E-state index contributed by atoms with van der Waals surface area (Å²) in [6, 6.07) is 7.02. The number of hydrogen-bond acceptors (Lipinski definition) is 6. The molecule has 4 rings (SSSR count). The number of ketones is 1. The summed E-state index contributed by atoms with van der Waals surface area (Å²) >= 11 is 0. The monoisotopic (exact) mass is 600 g/mol. The number of ether oxygens (including phenoxy) is 2. The number of carbonyl (C=O) groups excluding carboxylic acids is 3. The molecule has 0 unspecified atom stereocenters. The van der Waals surface area contributed by atoms with Crippen LogP contribution in [0.15, 0.2) is 24.3 Å². The first-order valence-corrected chi connectivity index (χ1v) is 12.9. The molecule has 1 fully saturated rings. The van der Waals surface area contributed by atoms with Crippen molar-refractivity contribution in [2.75, 3.05) is 38.8 Å². The first kappa shape index (κ1) is 30.1. The molecule has 0 spiro atoms. The highest BCUT2D eigenvalue weighted by Gasteiger charge is 2.33. The molecule has 2 N–H and O–H groups in total. The average Bonchev–Trinajstić information content (AvgIpc) is 3.44. The van der Waals surface area contributed by atoms with Crippen molar-refractivity contribution < 1.29 is 23.9 Å². The second-order valence-corrected chi connectivity index (χ2v) is 10.6. The summed E-state index contributed by atoms with van der Waals surface area (Å²) < 4.78 is 11.5. The quantitative estimate of drug-likeness (QED) is 0.432. The minimum atomic E-state index is -0.332. The number of nitrogens with zero attached hydrogens (tertiary/aromatic N) is 2. The number of rotatable bonds is 8. The number of methoxy groups -OCH3 is 1. The van der Waals surface area contributed by atoms with Gasteiger partial charge in [0.25, 0.3) is 5.91 Å². The summed E-state index contributed by atoms with van der Waals surface area (Å²) in [5, 5.41) is 11.4. The minimum absolute atomic E-state index is 0. The standard InChI is InChI=1S/C29H36N4O5.BrH/c1-7-38-24-13-18-15-32(27(30)19(18)14-20(24)28(36)31-5)16-23(34)17-11-21(29(2,3)4)26(37-6)22(12-17)33-10-8-9-25(33)35;/h11-14,30H,7-10,15-16H2,1-6H3,(H,31,36);1H. The summed E-state index contributed by atoms with van der Waals surface area (Å²) in [4.78, 5) is 42.1. The third-order valence-electron chi connectivity index (χ3n) is 7.01. The Kier molecular flexibility index (Phi) is 9.10. The zero-order valence-corrected chi connectivity index (χ0v) is 25.1. The molecule has 0 aromatic heterocycles. The molecule has 2 aromatic rings. The second kappa shape index (κ2) is 11.8. The van der Waals surface area contributed by atoms with Crippen molar-refractivity contribution in [3.63, 3.8) is 0 Å². The van der Waals surface area contributed by atoms with Gasteiger partial charge in [-0.15, -0.1) is 17.0 Å². The Morgan fingerprint density at radius 3 is 2.44 bits per heavy atom. The summed E-state index contributed by atoms with van der Waals surface area (Å²) in [5.41, 5.74) is 3.38. The molecule has 2 aliphatic heterocycles. The van der Waals surface area contributed by atoms with E-state index < -0.39 is 0 Å². The molecule has 2 aliphatic rings. The van der Waals surface area contributed by atoms with Crippen molar-refractivity contribution >= 4 is 46.1 Å². The smallest absolute Gasteiger partial charge is 0.254 e. The second-order valence-electron chi connectivity index (χ2n) is 10.6. The molecular formula is C29H37BrN4O5. The summed E-state index contributed by atoms with van der Waals surface area (Å²) in [6.07, 6.45) is 1.23. The van der Waals surface area contributed by atoms with Gasteiger partial charge in [0.05, 0.1) is 31.5 Å². The number of benzene rings is 2. The van der Waals surface area contributed by atoms with Crippen LogP contribution in [0.2, 0.25) is 0 Å². The number of Topliss-reactive ketones (excluding diaryl/α,β-unsaturated/α-hetero) is 1. The Morgan fingerprint density at radius 2 is 1.87 bits per heavy atom. The average molecular weight is 602 g/mol. The predicted octanol–water partition coefficient (Wildman–Crippen LogP) is 4.48. The normalized spacial score (nSPS) is 14.7. The zero-order valence-electron chi connectivity index (χ0n) is 23.4. The van der Waals surface area contributed by atoms with Crippen LogP contribution in [0.3, 0.4) is 0 Å². The summed E-state index contributed by atoms with van der Waals surface area (Å²) in [5.74, 6) is 0.797. The predicted molar refractivity (Wildman–Crippen MR) is 156 cm³/mol. The number of fused-ring (bicyclic) bond motifs is 1. The van der Waals surface area contributed by atoms with Crippen LogP contribution in [0, 0.1) is 5.41 Å². The lowest BCUT2D eigenvalue weighted by atomic mass is 9.84. The van der Waals surface area contributed by atoms with Gasteiger partial charge in [-0.3, -0.25) is 19.8 Å². The fourth-order valence-electron chi connectivity index (χ4n) is 5.06. The molecule has 0 aliphatic carbocycles. The molecule has 1 saturated heterocycles. The van der Waals surface area contributed by atoms with Gasteiger partial charge in [-0.05, 0) is 48.6 Å².